The van der Waals surface area contributed by atoms with Gasteiger partial charge in [0.05, 0.1) is 0 Å². The molecule has 1 heteroatoms. The SMILES string of the molecule is CCCCCCCCCCCCC(CCCC(Cc1ccc(O)cc1)c1ccccc1)c1ccccc1. The minimum atomic E-state index is 0.345. The van der Waals surface area contributed by atoms with E-state index in [1.165, 1.54) is 107 Å². The van der Waals surface area contributed by atoms with E-state index in [0.29, 0.717) is 17.6 Å². The van der Waals surface area contributed by atoms with Gasteiger partial charge in [0.25, 0.3) is 0 Å². The van der Waals surface area contributed by atoms with Crippen LogP contribution in [0.15, 0.2) is 84.9 Å². The molecule has 0 radical (unpaired) electrons. The van der Waals surface area contributed by atoms with Crippen LogP contribution in [0.5, 0.6) is 5.75 Å². The summed E-state index contributed by atoms with van der Waals surface area (Å²) in [7, 11) is 0. The molecule has 37 heavy (non-hydrogen) atoms. The molecule has 0 saturated carbocycles. The van der Waals surface area contributed by atoms with Crippen LogP contribution in [-0.2, 0) is 6.42 Å². The third-order valence-corrected chi connectivity index (χ3v) is 7.97. The van der Waals surface area contributed by atoms with Crippen molar-refractivity contribution in [2.75, 3.05) is 0 Å². The largest absolute Gasteiger partial charge is 0.508 e. The number of rotatable bonds is 19. The van der Waals surface area contributed by atoms with Crippen LogP contribution in [0.25, 0.3) is 0 Å². The van der Waals surface area contributed by atoms with Crippen molar-refractivity contribution in [3.63, 3.8) is 0 Å². The van der Waals surface area contributed by atoms with E-state index in [9.17, 15) is 5.11 Å². The number of unbranched alkanes of at least 4 members (excludes halogenated alkanes) is 9. The van der Waals surface area contributed by atoms with E-state index in [0.717, 1.165) is 6.42 Å². The van der Waals surface area contributed by atoms with E-state index in [2.05, 4.69) is 79.7 Å². The molecule has 0 aliphatic rings. The zero-order chi connectivity index (χ0) is 26.0. The second-order valence-electron chi connectivity index (χ2n) is 11.0. The van der Waals surface area contributed by atoms with Gasteiger partial charge in [-0.25, -0.2) is 0 Å². The second kappa shape index (κ2) is 17.8. The molecule has 0 aromatic heterocycles. The van der Waals surface area contributed by atoms with Crippen molar-refractivity contribution >= 4 is 0 Å². The van der Waals surface area contributed by atoms with Gasteiger partial charge < -0.3 is 5.11 Å². The van der Waals surface area contributed by atoms with E-state index >= 15 is 0 Å². The van der Waals surface area contributed by atoms with Crippen molar-refractivity contribution in [3.8, 4) is 5.75 Å². The van der Waals surface area contributed by atoms with Gasteiger partial charge in [0, 0.05) is 0 Å². The highest BCUT2D eigenvalue weighted by Gasteiger charge is 2.16. The molecule has 200 valence electrons. The smallest absolute Gasteiger partial charge is 0.115 e. The molecule has 0 saturated heterocycles. The fraction of sp³-hybridized carbons (Fsp3) is 0.500. The number of phenols is 1. The summed E-state index contributed by atoms with van der Waals surface area (Å²) in [6.07, 6.45) is 20.1. The summed E-state index contributed by atoms with van der Waals surface area (Å²) in [5.41, 5.74) is 4.26. The van der Waals surface area contributed by atoms with Gasteiger partial charge in [0.1, 0.15) is 5.75 Å². The summed E-state index contributed by atoms with van der Waals surface area (Å²) in [6.45, 7) is 2.29. The summed E-state index contributed by atoms with van der Waals surface area (Å²) in [6, 6.07) is 30.0. The molecule has 0 aliphatic carbocycles. The van der Waals surface area contributed by atoms with E-state index in [1.807, 2.05) is 12.1 Å². The number of benzene rings is 3. The number of phenolic OH excluding ortho intramolecular Hbond substituents is 1. The van der Waals surface area contributed by atoms with Crippen molar-refractivity contribution in [3.05, 3.63) is 102 Å². The van der Waals surface area contributed by atoms with Gasteiger partial charge in [-0.2, -0.15) is 0 Å². The van der Waals surface area contributed by atoms with Gasteiger partial charge in [-0.05, 0) is 66.3 Å². The highest BCUT2D eigenvalue weighted by Crippen LogP contribution is 2.32. The molecule has 0 spiro atoms. The standard InChI is InChI=1S/C36H50O/c1-2-3-4-5-6-7-8-9-10-13-19-33(32-20-14-11-15-21-32)24-18-25-35(34-22-16-12-17-23-34)30-31-26-28-36(37)29-27-31/h11-12,14-17,20-23,26-29,33,35,37H,2-10,13,18-19,24-25,30H2,1H3. The third kappa shape index (κ3) is 11.6. The zero-order valence-electron chi connectivity index (χ0n) is 23.3. The van der Waals surface area contributed by atoms with Crippen LogP contribution >= 0.6 is 0 Å². The fourth-order valence-corrected chi connectivity index (χ4v) is 5.72. The lowest BCUT2D eigenvalue weighted by Crippen LogP contribution is -2.05. The average Bonchev–Trinajstić information content (AvgIpc) is 2.94. The Morgan fingerprint density at radius 2 is 0.946 bits per heavy atom. The number of hydrogen-bond donors (Lipinski definition) is 1. The van der Waals surface area contributed by atoms with Crippen molar-refractivity contribution in [2.24, 2.45) is 0 Å². The van der Waals surface area contributed by atoms with Crippen molar-refractivity contribution in [1.82, 2.24) is 0 Å². The molecule has 3 rings (SSSR count). The maximum Gasteiger partial charge on any atom is 0.115 e. The lowest BCUT2D eigenvalue weighted by atomic mass is 9.84. The summed E-state index contributed by atoms with van der Waals surface area (Å²) in [5.74, 6) is 1.53. The molecule has 0 amide bonds. The first-order chi connectivity index (χ1) is 18.3. The summed E-state index contributed by atoms with van der Waals surface area (Å²) >= 11 is 0. The molecule has 2 unspecified atom stereocenters. The first-order valence-corrected chi connectivity index (χ1v) is 15.1. The van der Waals surface area contributed by atoms with Crippen LogP contribution in [0.1, 0.15) is 125 Å². The molecule has 0 bridgehead atoms. The Morgan fingerprint density at radius 3 is 1.51 bits per heavy atom. The lowest BCUT2D eigenvalue weighted by molar-refractivity contribution is 0.472. The van der Waals surface area contributed by atoms with Crippen LogP contribution < -0.4 is 0 Å². The van der Waals surface area contributed by atoms with Gasteiger partial charge in [-0.15, -0.1) is 0 Å². The number of aromatic hydroxyl groups is 1. The Morgan fingerprint density at radius 1 is 0.486 bits per heavy atom. The third-order valence-electron chi connectivity index (χ3n) is 7.97. The van der Waals surface area contributed by atoms with Gasteiger partial charge in [-0.1, -0.05) is 150 Å². The lowest BCUT2D eigenvalue weighted by Gasteiger charge is -2.21. The van der Waals surface area contributed by atoms with Crippen LogP contribution in [-0.4, -0.2) is 5.11 Å². The topological polar surface area (TPSA) is 20.2 Å². The molecule has 3 aromatic carbocycles. The Balaban J connectivity index is 1.48. The molecule has 1 N–H and O–H groups in total. The predicted octanol–water partition coefficient (Wildman–Crippen LogP) is 11.0. The first-order valence-electron chi connectivity index (χ1n) is 15.1. The fourth-order valence-electron chi connectivity index (χ4n) is 5.72. The molecular formula is C36H50O. The minimum absolute atomic E-state index is 0.345. The number of hydrogen-bond acceptors (Lipinski definition) is 1. The normalized spacial score (nSPS) is 12.9. The summed E-state index contributed by atoms with van der Waals surface area (Å²) < 4.78 is 0. The van der Waals surface area contributed by atoms with Crippen molar-refractivity contribution in [1.29, 1.82) is 0 Å². The van der Waals surface area contributed by atoms with E-state index < -0.39 is 0 Å². The van der Waals surface area contributed by atoms with Gasteiger partial charge in [0.15, 0.2) is 0 Å². The maximum atomic E-state index is 9.69. The molecule has 1 nitrogen and oxygen atoms in total. The molecule has 0 fully saturated rings. The van der Waals surface area contributed by atoms with Crippen LogP contribution in [0.3, 0.4) is 0 Å². The van der Waals surface area contributed by atoms with Crippen LogP contribution in [0.2, 0.25) is 0 Å². The van der Waals surface area contributed by atoms with Gasteiger partial charge in [0.2, 0.25) is 0 Å². The van der Waals surface area contributed by atoms with Crippen molar-refractivity contribution in [2.45, 2.75) is 115 Å². The Hall–Kier alpha value is -2.54. The monoisotopic (exact) mass is 498 g/mol. The van der Waals surface area contributed by atoms with Gasteiger partial charge >= 0.3 is 0 Å². The highest BCUT2D eigenvalue weighted by molar-refractivity contribution is 5.29. The zero-order valence-corrected chi connectivity index (χ0v) is 23.3. The molecular weight excluding hydrogens is 448 g/mol. The minimum Gasteiger partial charge on any atom is -0.508 e. The maximum absolute atomic E-state index is 9.69. The Bertz CT molecular complexity index is 931. The average molecular weight is 499 g/mol. The Labute approximate surface area is 227 Å². The summed E-state index contributed by atoms with van der Waals surface area (Å²) in [5, 5.41) is 9.69. The van der Waals surface area contributed by atoms with Crippen LogP contribution in [0, 0.1) is 0 Å². The second-order valence-corrected chi connectivity index (χ2v) is 11.0. The first kappa shape index (κ1) is 29.0. The molecule has 2 atom stereocenters. The van der Waals surface area contributed by atoms with E-state index in [4.69, 9.17) is 0 Å². The van der Waals surface area contributed by atoms with Crippen molar-refractivity contribution < 1.29 is 5.11 Å². The van der Waals surface area contributed by atoms with Gasteiger partial charge in [-0.3, -0.25) is 0 Å². The molecule has 3 aromatic rings. The highest BCUT2D eigenvalue weighted by atomic mass is 16.3. The predicted molar refractivity (Wildman–Crippen MR) is 160 cm³/mol. The van der Waals surface area contributed by atoms with Crippen LogP contribution in [0.4, 0.5) is 0 Å². The Kier molecular flexibility index (Phi) is 14.0. The quantitative estimate of drug-likeness (QED) is 0.163. The molecule has 0 heterocycles. The molecule has 0 aliphatic heterocycles. The van der Waals surface area contributed by atoms with E-state index in [1.54, 1.807) is 0 Å². The van der Waals surface area contributed by atoms with E-state index in [-0.39, 0.29) is 0 Å². The summed E-state index contributed by atoms with van der Waals surface area (Å²) in [4.78, 5) is 0.